The van der Waals surface area contributed by atoms with E-state index < -0.39 is 17.7 Å². The van der Waals surface area contributed by atoms with Gasteiger partial charge in [0.25, 0.3) is 0 Å². The van der Waals surface area contributed by atoms with Crippen LogP contribution in [0.15, 0.2) is 36.4 Å². The lowest BCUT2D eigenvalue weighted by Gasteiger charge is -2.17. The van der Waals surface area contributed by atoms with E-state index in [0.29, 0.717) is 16.3 Å². The fraction of sp³-hybridized carbons (Fsp3) is 0.200. The Hall–Kier alpha value is -1.65. The van der Waals surface area contributed by atoms with Crippen LogP contribution in [-0.2, 0) is 6.42 Å². The molecule has 2 rings (SSSR count). The summed E-state index contributed by atoms with van der Waals surface area (Å²) in [6, 6.07) is 8.08. The van der Waals surface area contributed by atoms with E-state index >= 15 is 0 Å². The number of halogens is 3. The Morgan fingerprint density at radius 1 is 1.20 bits per heavy atom. The predicted molar refractivity (Wildman–Crippen MR) is 75.0 cm³/mol. The van der Waals surface area contributed by atoms with Crippen LogP contribution in [0, 0.1) is 11.6 Å². The van der Waals surface area contributed by atoms with E-state index in [1.54, 1.807) is 18.2 Å². The molecule has 0 spiro atoms. The second-order valence-electron chi connectivity index (χ2n) is 4.40. The fourth-order valence-corrected chi connectivity index (χ4v) is 2.24. The topological polar surface area (TPSA) is 35.2 Å². The zero-order valence-corrected chi connectivity index (χ0v) is 11.6. The fourth-order valence-electron chi connectivity index (χ4n) is 2.08. The first kappa shape index (κ1) is 14.8. The molecule has 0 heterocycles. The van der Waals surface area contributed by atoms with Gasteiger partial charge in [0.15, 0.2) is 0 Å². The summed E-state index contributed by atoms with van der Waals surface area (Å²) >= 11 is 5.69. The standard InChI is InChI=1S/C15H14ClF2NO/c1-20-14-4-2-3-11(17)15(14)13(19)7-9-5-6-10(16)8-12(9)18/h2-6,8,13H,7,19H2,1H3. The van der Waals surface area contributed by atoms with Gasteiger partial charge in [-0.05, 0) is 36.2 Å². The van der Waals surface area contributed by atoms with Crippen LogP contribution in [0.2, 0.25) is 5.02 Å². The molecule has 2 aromatic rings. The Morgan fingerprint density at radius 3 is 2.60 bits per heavy atom. The van der Waals surface area contributed by atoms with Gasteiger partial charge < -0.3 is 10.5 Å². The second-order valence-corrected chi connectivity index (χ2v) is 4.84. The predicted octanol–water partition coefficient (Wildman–Crippen LogP) is 3.87. The first-order valence-corrected chi connectivity index (χ1v) is 6.42. The Bertz CT molecular complexity index is 619. The van der Waals surface area contributed by atoms with Gasteiger partial charge in [0.1, 0.15) is 17.4 Å². The zero-order chi connectivity index (χ0) is 14.7. The highest BCUT2D eigenvalue weighted by Gasteiger charge is 2.18. The van der Waals surface area contributed by atoms with Crippen molar-refractivity contribution in [3.8, 4) is 5.75 Å². The van der Waals surface area contributed by atoms with Crippen molar-refractivity contribution in [1.29, 1.82) is 0 Å². The number of methoxy groups -OCH3 is 1. The summed E-state index contributed by atoms with van der Waals surface area (Å²) in [5.41, 5.74) is 6.61. The average molecular weight is 298 g/mol. The van der Waals surface area contributed by atoms with E-state index in [9.17, 15) is 8.78 Å². The molecule has 0 aromatic heterocycles. The van der Waals surface area contributed by atoms with Crippen molar-refractivity contribution in [2.75, 3.05) is 7.11 Å². The van der Waals surface area contributed by atoms with Gasteiger partial charge in [-0.3, -0.25) is 0 Å². The molecule has 0 aliphatic heterocycles. The van der Waals surface area contributed by atoms with Crippen molar-refractivity contribution in [2.24, 2.45) is 5.73 Å². The molecule has 2 nitrogen and oxygen atoms in total. The van der Waals surface area contributed by atoms with Gasteiger partial charge in [-0.15, -0.1) is 0 Å². The number of hydrogen-bond donors (Lipinski definition) is 1. The molecule has 0 amide bonds. The van der Waals surface area contributed by atoms with E-state index in [1.807, 2.05) is 0 Å². The van der Waals surface area contributed by atoms with Gasteiger partial charge in [0, 0.05) is 16.6 Å². The third kappa shape index (κ3) is 3.08. The van der Waals surface area contributed by atoms with Crippen LogP contribution in [0.25, 0.3) is 0 Å². The Morgan fingerprint density at radius 2 is 1.95 bits per heavy atom. The molecule has 0 saturated heterocycles. The summed E-state index contributed by atoms with van der Waals surface area (Å²) in [4.78, 5) is 0. The third-order valence-electron chi connectivity index (χ3n) is 3.06. The molecule has 0 aliphatic rings. The summed E-state index contributed by atoms with van der Waals surface area (Å²) < 4.78 is 32.7. The highest BCUT2D eigenvalue weighted by molar-refractivity contribution is 6.30. The van der Waals surface area contributed by atoms with Crippen LogP contribution >= 0.6 is 11.6 Å². The molecule has 20 heavy (non-hydrogen) atoms. The maximum absolute atomic E-state index is 13.9. The lowest BCUT2D eigenvalue weighted by Crippen LogP contribution is -2.17. The molecule has 2 aromatic carbocycles. The van der Waals surface area contributed by atoms with E-state index in [4.69, 9.17) is 22.1 Å². The molecule has 0 bridgehead atoms. The van der Waals surface area contributed by atoms with E-state index in [2.05, 4.69) is 0 Å². The molecule has 0 aliphatic carbocycles. The summed E-state index contributed by atoms with van der Waals surface area (Å²) in [6.07, 6.45) is 0.153. The molecular weight excluding hydrogens is 284 g/mol. The van der Waals surface area contributed by atoms with Crippen LogP contribution in [-0.4, -0.2) is 7.11 Å². The quantitative estimate of drug-likeness (QED) is 0.930. The third-order valence-corrected chi connectivity index (χ3v) is 3.29. The molecule has 106 valence electrons. The van der Waals surface area contributed by atoms with Crippen molar-refractivity contribution in [1.82, 2.24) is 0 Å². The lowest BCUT2D eigenvalue weighted by atomic mass is 9.98. The van der Waals surface area contributed by atoms with Gasteiger partial charge in [-0.25, -0.2) is 8.78 Å². The van der Waals surface area contributed by atoms with Crippen LogP contribution in [0.3, 0.4) is 0 Å². The number of benzene rings is 2. The minimum absolute atomic E-state index is 0.153. The summed E-state index contributed by atoms with van der Waals surface area (Å²) in [5, 5.41) is 0.309. The number of ether oxygens (including phenoxy) is 1. The van der Waals surface area contributed by atoms with Gasteiger partial charge in [-0.2, -0.15) is 0 Å². The highest BCUT2D eigenvalue weighted by Crippen LogP contribution is 2.29. The minimum atomic E-state index is -0.707. The first-order chi connectivity index (χ1) is 9.52. The molecule has 5 heteroatoms. The Kier molecular flexibility index (Phi) is 4.57. The SMILES string of the molecule is COc1cccc(F)c1C(N)Cc1ccc(Cl)cc1F. The monoisotopic (exact) mass is 297 g/mol. The molecule has 2 N–H and O–H groups in total. The largest absolute Gasteiger partial charge is 0.496 e. The van der Waals surface area contributed by atoms with Gasteiger partial charge in [-0.1, -0.05) is 23.7 Å². The van der Waals surface area contributed by atoms with Gasteiger partial charge in [0.2, 0.25) is 0 Å². The zero-order valence-electron chi connectivity index (χ0n) is 10.9. The molecule has 0 radical (unpaired) electrons. The number of nitrogens with two attached hydrogens (primary N) is 1. The van der Waals surface area contributed by atoms with Crippen molar-refractivity contribution in [3.05, 3.63) is 64.2 Å². The highest BCUT2D eigenvalue weighted by atomic mass is 35.5. The number of hydrogen-bond acceptors (Lipinski definition) is 2. The maximum Gasteiger partial charge on any atom is 0.131 e. The van der Waals surface area contributed by atoms with Crippen molar-refractivity contribution < 1.29 is 13.5 Å². The summed E-state index contributed by atoms with van der Waals surface area (Å²) in [6.45, 7) is 0. The Balaban J connectivity index is 2.30. The molecule has 0 saturated carbocycles. The van der Waals surface area contributed by atoms with E-state index in [1.165, 1.54) is 25.3 Å². The molecule has 0 fully saturated rings. The van der Waals surface area contributed by atoms with Gasteiger partial charge in [0.05, 0.1) is 7.11 Å². The van der Waals surface area contributed by atoms with Crippen LogP contribution in [0.4, 0.5) is 8.78 Å². The van der Waals surface area contributed by atoms with Crippen LogP contribution in [0.5, 0.6) is 5.75 Å². The van der Waals surface area contributed by atoms with Crippen LogP contribution in [0.1, 0.15) is 17.2 Å². The van der Waals surface area contributed by atoms with E-state index in [-0.39, 0.29) is 12.0 Å². The van der Waals surface area contributed by atoms with Crippen molar-refractivity contribution in [2.45, 2.75) is 12.5 Å². The second kappa shape index (κ2) is 6.20. The first-order valence-electron chi connectivity index (χ1n) is 6.05. The normalized spacial score (nSPS) is 12.2. The molecule has 1 unspecified atom stereocenters. The molecular formula is C15H14ClF2NO. The lowest BCUT2D eigenvalue weighted by molar-refractivity contribution is 0.398. The molecule has 1 atom stereocenters. The van der Waals surface area contributed by atoms with Crippen molar-refractivity contribution in [3.63, 3.8) is 0 Å². The van der Waals surface area contributed by atoms with Crippen molar-refractivity contribution >= 4 is 11.6 Å². The average Bonchev–Trinajstić information content (AvgIpc) is 2.41. The summed E-state index contributed by atoms with van der Waals surface area (Å²) in [7, 11) is 1.44. The minimum Gasteiger partial charge on any atom is -0.496 e. The maximum atomic E-state index is 13.9. The Labute approximate surface area is 121 Å². The summed E-state index contributed by atoms with van der Waals surface area (Å²) in [5.74, 6) is -0.568. The number of rotatable bonds is 4. The van der Waals surface area contributed by atoms with Gasteiger partial charge >= 0.3 is 0 Å². The van der Waals surface area contributed by atoms with Crippen LogP contribution < -0.4 is 10.5 Å². The van der Waals surface area contributed by atoms with E-state index in [0.717, 1.165) is 0 Å². The smallest absolute Gasteiger partial charge is 0.131 e.